The Balaban J connectivity index is 1.19. The first kappa shape index (κ1) is 28.6. The Morgan fingerprint density at radius 2 is 1.86 bits per heavy atom. The minimum absolute atomic E-state index is 0.0706. The molecule has 218 valence electrons. The van der Waals surface area contributed by atoms with E-state index in [1.807, 2.05) is 52.4 Å². The Morgan fingerprint density at radius 3 is 2.60 bits per heavy atom. The largest absolute Gasteiger partial charge is 0.459 e. The van der Waals surface area contributed by atoms with E-state index in [0.29, 0.717) is 30.4 Å². The molecule has 1 aliphatic rings. The van der Waals surface area contributed by atoms with Crippen LogP contribution in [-0.2, 0) is 24.3 Å². The lowest BCUT2D eigenvalue weighted by atomic mass is 10.0. The third-order valence-corrected chi connectivity index (χ3v) is 8.83. The minimum Gasteiger partial charge on any atom is -0.459 e. The number of thiophene rings is 1. The summed E-state index contributed by atoms with van der Waals surface area (Å²) >= 11 is 2.84. The molecule has 0 radical (unpaired) electrons. The second-order valence-corrected chi connectivity index (χ2v) is 11.7. The smallest absolute Gasteiger partial charge is 0.287 e. The third kappa shape index (κ3) is 6.76. The summed E-state index contributed by atoms with van der Waals surface area (Å²) in [5, 5.41) is 20.3. The Kier molecular flexibility index (Phi) is 8.75. The van der Waals surface area contributed by atoms with Gasteiger partial charge in [0.1, 0.15) is 5.82 Å². The van der Waals surface area contributed by atoms with Gasteiger partial charge < -0.3 is 14.3 Å². The van der Waals surface area contributed by atoms with E-state index >= 15 is 0 Å². The summed E-state index contributed by atoms with van der Waals surface area (Å²) in [5.74, 6) is -0.0429. The Morgan fingerprint density at radius 1 is 1.02 bits per heavy atom. The van der Waals surface area contributed by atoms with E-state index in [4.69, 9.17) is 9.52 Å². The van der Waals surface area contributed by atoms with E-state index in [1.54, 1.807) is 35.6 Å². The lowest BCUT2D eigenvalue weighted by Gasteiger charge is -2.22. The molecule has 0 saturated heterocycles. The van der Waals surface area contributed by atoms with Crippen LogP contribution >= 0.6 is 23.1 Å². The number of nitrogens with zero attached hydrogens (tertiary/aromatic N) is 5. The summed E-state index contributed by atoms with van der Waals surface area (Å²) < 4.78 is 20.8. The fourth-order valence-electron chi connectivity index (χ4n) is 4.79. The van der Waals surface area contributed by atoms with Crippen LogP contribution in [0.15, 0.2) is 105 Å². The fourth-order valence-corrected chi connectivity index (χ4v) is 6.35. The quantitative estimate of drug-likeness (QED) is 0.191. The maximum Gasteiger partial charge on any atom is 0.287 e. The van der Waals surface area contributed by atoms with Crippen molar-refractivity contribution in [1.29, 1.82) is 0 Å². The van der Waals surface area contributed by atoms with Gasteiger partial charge in [-0.05, 0) is 53.3 Å². The zero-order valence-corrected chi connectivity index (χ0v) is 24.6. The summed E-state index contributed by atoms with van der Waals surface area (Å²) in [7, 11) is 0. The van der Waals surface area contributed by atoms with Crippen LogP contribution in [0.25, 0.3) is 0 Å². The Hall–Kier alpha value is -4.55. The van der Waals surface area contributed by atoms with E-state index in [2.05, 4.69) is 15.5 Å². The molecule has 12 heteroatoms. The normalized spacial score (nSPS) is 14.6. The zero-order chi connectivity index (χ0) is 29.6. The van der Waals surface area contributed by atoms with E-state index in [0.717, 1.165) is 21.7 Å². The highest BCUT2D eigenvalue weighted by Crippen LogP contribution is 2.34. The van der Waals surface area contributed by atoms with Crippen LogP contribution in [0.5, 0.6) is 0 Å². The standard InChI is InChI=1S/C31H27FN6O3S2/c32-23-12-10-22(11-13-23)25-18-24(27-9-5-17-42-27)36-38(25)29(39)20-43-31-35-34-28(19-33-30(40)26-8-4-16-41-26)37(31)15-14-21-6-2-1-3-7-21/h1-13,16-17,25H,14-15,18-20H2,(H,33,40). The first-order chi connectivity index (χ1) is 21.0. The number of benzene rings is 2. The second-order valence-electron chi connectivity index (χ2n) is 9.77. The predicted octanol–water partition coefficient (Wildman–Crippen LogP) is 5.71. The highest BCUT2D eigenvalue weighted by Gasteiger charge is 2.33. The van der Waals surface area contributed by atoms with Gasteiger partial charge in [-0.3, -0.25) is 9.59 Å². The topological polar surface area (TPSA) is 106 Å². The zero-order valence-electron chi connectivity index (χ0n) is 22.9. The van der Waals surface area contributed by atoms with Crippen molar-refractivity contribution in [2.24, 2.45) is 5.10 Å². The second kappa shape index (κ2) is 13.2. The molecule has 0 fully saturated rings. The molecule has 1 atom stereocenters. The van der Waals surface area contributed by atoms with Gasteiger partial charge in [0.15, 0.2) is 16.7 Å². The summed E-state index contributed by atoms with van der Waals surface area (Å²) in [6.07, 6.45) is 2.69. The van der Waals surface area contributed by atoms with Crippen LogP contribution in [0.2, 0.25) is 0 Å². The van der Waals surface area contributed by atoms with Gasteiger partial charge in [-0.15, -0.1) is 21.5 Å². The predicted molar refractivity (Wildman–Crippen MR) is 162 cm³/mol. The van der Waals surface area contributed by atoms with Gasteiger partial charge in [0.05, 0.1) is 35.2 Å². The first-order valence-electron chi connectivity index (χ1n) is 13.6. The molecule has 0 bridgehead atoms. The van der Waals surface area contributed by atoms with E-state index in [1.165, 1.54) is 35.2 Å². The molecule has 1 unspecified atom stereocenters. The SMILES string of the molecule is O=C(NCc1nnc(SCC(=O)N2N=C(c3cccs3)CC2c2ccc(F)cc2)n1CCc1ccccc1)c1ccco1. The molecule has 3 aromatic heterocycles. The average Bonchev–Trinajstić information content (AvgIpc) is 3.85. The van der Waals surface area contributed by atoms with Crippen molar-refractivity contribution in [3.05, 3.63) is 124 Å². The first-order valence-corrected chi connectivity index (χ1v) is 15.5. The molecular formula is C31H27FN6O3S2. The number of aromatic nitrogens is 3. The highest BCUT2D eigenvalue weighted by molar-refractivity contribution is 7.99. The molecular weight excluding hydrogens is 588 g/mol. The number of halogens is 1. The number of carbonyl (C=O) groups is 2. The van der Waals surface area contributed by atoms with Gasteiger partial charge in [-0.1, -0.05) is 60.3 Å². The van der Waals surface area contributed by atoms with Crippen LogP contribution in [0, 0.1) is 5.82 Å². The van der Waals surface area contributed by atoms with Gasteiger partial charge >= 0.3 is 0 Å². The molecule has 0 saturated carbocycles. The average molecular weight is 615 g/mol. The Labute approximate surface area is 255 Å². The molecule has 5 aromatic rings. The minimum atomic E-state index is -0.354. The van der Waals surface area contributed by atoms with Crippen LogP contribution in [0.4, 0.5) is 4.39 Å². The number of hydrogen-bond acceptors (Lipinski definition) is 8. The summed E-state index contributed by atoms with van der Waals surface area (Å²) in [5.41, 5.74) is 2.78. The van der Waals surface area contributed by atoms with Crippen molar-refractivity contribution in [2.75, 3.05) is 5.75 Å². The van der Waals surface area contributed by atoms with Gasteiger partial charge in [-0.25, -0.2) is 9.40 Å². The van der Waals surface area contributed by atoms with Crippen molar-refractivity contribution >= 4 is 40.6 Å². The van der Waals surface area contributed by atoms with Crippen LogP contribution in [0.3, 0.4) is 0 Å². The number of nitrogens with one attached hydrogen (secondary N) is 1. The van der Waals surface area contributed by atoms with E-state index in [-0.39, 0.29) is 41.7 Å². The molecule has 0 spiro atoms. The molecule has 1 N–H and O–H groups in total. The molecule has 0 aliphatic carbocycles. The summed E-state index contributed by atoms with van der Waals surface area (Å²) in [6.45, 7) is 0.700. The van der Waals surface area contributed by atoms with Crippen LogP contribution < -0.4 is 5.32 Å². The van der Waals surface area contributed by atoms with Crippen molar-refractivity contribution < 1.29 is 18.4 Å². The lowest BCUT2D eigenvalue weighted by Crippen LogP contribution is -2.28. The van der Waals surface area contributed by atoms with Gasteiger partial charge in [-0.2, -0.15) is 5.10 Å². The van der Waals surface area contributed by atoms with Gasteiger partial charge in [0.2, 0.25) is 0 Å². The lowest BCUT2D eigenvalue weighted by molar-refractivity contribution is -0.130. The molecule has 6 rings (SSSR count). The number of aryl methyl sites for hydroxylation is 1. The molecule has 4 heterocycles. The summed E-state index contributed by atoms with van der Waals surface area (Å²) in [4.78, 5) is 27.1. The van der Waals surface area contributed by atoms with Crippen molar-refractivity contribution in [1.82, 2.24) is 25.1 Å². The van der Waals surface area contributed by atoms with Crippen molar-refractivity contribution in [3.8, 4) is 0 Å². The molecule has 9 nitrogen and oxygen atoms in total. The van der Waals surface area contributed by atoms with Crippen molar-refractivity contribution in [2.45, 2.75) is 37.1 Å². The molecule has 2 amide bonds. The number of hydrazone groups is 1. The summed E-state index contributed by atoms with van der Waals surface area (Å²) in [6, 6.07) is 23.1. The number of thioether (sulfide) groups is 1. The number of furan rings is 1. The van der Waals surface area contributed by atoms with Crippen molar-refractivity contribution in [3.63, 3.8) is 0 Å². The molecule has 2 aromatic carbocycles. The number of hydrogen-bond donors (Lipinski definition) is 1. The van der Waals surface area contributed by atoms with E-state index < -0.39 is 0 Å². The maximum atomic E-state index is 13.7. The van der Waals surface area contributed by atoms with Crippen LogP contribution in [-0.4, -0.2) is 43.1 Å². The molecule has 43 heavy (non-hydrogen) atoms. The van der Waals surface area contributed by atoms with Crippen LogP contribution in [0.1, 0.15) is 44.8 Å². The van der Waals surface area contributed by atoms with Gasteiger partial charge in [0, 0.05) is 13.0 Å². The van der Waals surface area contributed by atoms with Gasteiger partial charge in [0.25, 0.3) is 11.8 Å². The Bertz CT molecular complexity index is 1700. The molecule has 1 aliphatic heterocycles. The monoisotopic (exact) mass is 614 g/mol. The number of amides is 2. The van der Waals surface area contributed by atoms with E-state index in [9.17, 15) is 14.0 Å². The third-order valence-electron chi connectivity index (χ3n) is 6.96. The number of rotatable bonds is 11. The fraction of sp³-hybridized carbons (Fsp3) is 0.194. The maximum absolute atomic E-state index is 13.7. The highest BCUT2D eigenvalue weighted by atomic mass is 32.2. The number of carbonyl (C=O) groups excluding carboxylic acids is 2.